The fraction of sp³-hybridized carbons (Fsp3) is 0.133. The quantitative estimate of drug-likeness (QED) is 0.820. The van der Waals surface area contributed by atoms with Crippen molar-refractivity contribution >= 4 is 11.7 Å². The zero-order valence-corrected chi connectivity index (χ0v) is 11.9. The molecule has 0 radical (unpaired) electrons. The lowest BCUT2D eigenvalue weighted by atomic mass is 10.3. The lowest BCUT2D eigenvalue weighted by Crippen LogP contribution is -2.65. The maximum Gasteiger partial charge on any atom is 0.492 e. The van der Waals surface area contributed by atoms with Crippen molar-refractivity contribution in [3.63, 3.8) is 0 Å². The molecule has 1 aliphatic rings. The summed E-state index contributed by atoms with van der Waals surface area (Å²) in [7, 11) is 0. The van der Waals surface area contributed by atoms with Gasteiger partial charge in [0.2, 0.25) is 0 Å². The number of ether oxygens (including phenoxy) is 2. The third-order valence-electron chi connectivity index (χ3n) is 3.09. The summed E-state index contributed by atoms with van der Waals surface area (Å²) in [6.07, 6.45) is -5.06. The van der Waals surface area contributed by atoms with E-state index in [9.17, 15) is 22.4 Å². The highest BCUT2D eigenvalue weighted by molar-refractivity contribution is 5.89. The molecule has 0 bridgehead atoms. The number of para-hydroxylation sites is 2. The Bertz CT molecular complexity index is 754. The first-order valence-corrected chi connectivity index (χ1v) is 6.68. The Morgan fingerprint density at radius 1 is 1.00 bits per heavy atom. The second-order valence-electron chi connectivity index (χ2n) is 4.85. The van der Waals surface area contributed by atoms with Crippen LogP contribution >= 0.6 is 0 Å². The van der Waals surface area contributed by atoms with Crippen molar-refractivity contribution in [1.29, 1.82) is 0 Å². The number of urea groups is 1. The molecular weight excluding hydrogens is 332 g/mol. The number of benzene rings is 2. The van der Waals surface area contributed by atoms with E-state index in [2.05, 4.69) is 5.32 Å². The van der Waals surface area contributed by atoms with Crippen molar-refractivity contribution in [1.82, 2.24) is 5.32 Å². The molecule has 0 aliphatic carbocycles. The van der Waals surface area contributed by atoms with E-state index in [-0.39, 0.29) is 17.2 Å². The third-order valence-corrected chi connectivity index (χ3v) is 3.09. The number of carbonyl (C=O) groups is 1. The number of halogens is 4. The average molecular weight is 342 g/mol. The van der Waals surface area contributed by atoms with Gasteiger partial charge in [-0.15, -0.1) is 0 Å². The summed E-state index contributed by atoms with van der Waals surface area (Å²) >= 11 is 0. The third kappa shape index (κ3) is 2.92. The first kappa shape index (κ1) is 15.9. The van der Waals surface area contributed by atoms with Crippen LogP contribution in [0.3, 0.4) is 0 Å². The minimum Gasteiger partial charge on any atom is -0.424 e. The van der Waals surface area contributed by atoms with Gasteiger partial charge in [0.1, 0.15) is 5.82 Å². The zero-order chi connectivity index (χ0) is 17.4. The van der Waals surface area contributed by atoms with Crippen molar-refractivity contribution in [2.75, 3.05) is 5.32 Å². The molecule has 0 fully saturated rings. The molecule has 0 spiro atoms. The molecule has 5 nitrogen and oxygen atoms in total. The Morgan fingerprint density at radius 3 is 2.17 bits per heavy atom. The molecule has 1 aliphatic heterocycles. The van der Waals surface area contributed by atoms with Crippen LogP contribution < -0.4 is 20.1 Å². The highest BCUT2D eigenvalue weighted by Gasteiger charge is 2.65. The molecule has 0 atom stereocenters. The van der Waals surface area contributed by atoms with Gasteiger partial charge in [0.05, 0.1) is 0 Å². The zero-order valence-electron chi connectivity index (χ0n) is 11.9. The van der Waals surface area contributed by atoms with Gasteiger partial charge in [-0.05, 0) is 30.3 Å². The maximum atomic E-state index is 13.4. The fourth-order valence-electron chi connectivity index (χ4n) is 2.06. The van der Waals surface area contributed by atoms with Gasteiger partial charge in [-0.2, -0.15) is 13.2 Å². The first-order valence-electron chi connectivity index (χ1n) is 6.68. The number of rotatable bonds is 2. The lowest BCUT2D eigenvalue weighted by Gasteiger charge is -2.29. The average Bonchev–Trinajstić information content (AvgIpc) is 2.85. The van der Waals surface area contributed by atoms with Crippen LogP contribution in [0.1, 0.15) is 0 Å². The molecule has 2 N–H and O–H groups in total. The molecule has 2 aromatic rings. The van der Waals surface area contributed by atoms with Crippen LogP contribution in [-0.2, 0) is 0 Å². The predicted molar refractivity (Wildman–Crippen MR) is 75.0 cm³/mol. The highest BCUT2D eigenvalue weighted by Crippen LogP contribution is 2.44. The standard InChI is InChI=1S/C15H10F4N2O3/c16-9-4-3-5-10(8-9)20-13(22)21-15(14(17,18)19)23-11-6-1-2-7-12(11)24-15/h1-8H,(H2,20,21,22). The van der Waals surface area contributed by atoms with Crippen molar-refractivity contribution < 1.29 is 31.8 Å². The molecule has 2 aromatic carbocycles. The molecule has 9 heteroatoms. The van der Waals surface area contributed by atoms with E-state index in [1.54, 1.807) is 5.32 Å². The number of hydrogen-bond donors (Lipinski definition) is 2. The van der Waals surface area contributed by atoms with E-state index in [0.717, 1.165) is 12.1 Å². The number of nitrogens with one attached hydrogen (secondary N) is 2. The van der Waals surface area contributed by atoms with Crippen LogP contribution in [0, 0.1) is 5.82 Å². The molecule has 0 saturated heterocycles. The summed E-state index contributed by atoms with van der Waals surface area (Å²) in [5, 5.41) is 3.69. The Hall–Kier alpha value is -2.97. The number of alkyl halides is 3. The smallest absolute Gasteiger partial charge is 0.424 e. The number of carbonyl (C=O) groups excluding carboxylic acids is 1. The monoisotopic (exact) mass is 342 g/mol. The lowest BCUT2D eigenvalue weighted by molar-refractivity contribution is -0.317. The van der Waals surface area contributed by atoms with Crippen molar-refractivity contribution in [2.45, 2.75) is 12.1 Å². The molecule has 0 aromatic heterocycles. The van der Waals surface area contributed by atoms with Crippen LogP contribution in [-0.4, -0.2) is 18.1 Å². The van der Waals surface area contributed by atoms with Crippen molar-refractivity contribution in [3.05, 3.63) is 54.3 Å². The van der Waals surface area contributed by atoms with Gasteiger partial charge in [0.25, 0.3) is 0 Å². The van der Waals surface area contributed by atoms with Crippen LogP contribution in [0.4, 0.5) is 28.0 Å². The van der Waals surface area contributed by atoms with E-state index in [4.69, 9.17) is 9.47 Å². The largest absolute Gasteiger partial charge is 0.492 e. The SMILES string of the molecule is O=C(Nc1cccc(F)c1)NC1(C(F)(F)F)Oc2ccccc2O1. The summed E-state index contributed by atoms with van der Waals surface area (Å²) in [6.45, 7) is 0. The summed E-state index contributed by atoms with van der Waals surface area (Å²) in [6, 6.07) is 8.88. The van der Waals surface area contributed by atoms with Gasteiger partial charge < -0.3 is 14.8 Å². The van der Waals surface area contributed by atoms with Gasteiger partial charge >= 0.3 is 18.1 Å². The minimum absolute atomic E-state index is 0.0275. The molecule has 24 heavy (non-hydrogen) atoms. The number of amides is 2. The van der Waals surface area contributed by atoms with Crippen LogP contribution in [0.15, 0.2) is 48.5 Å². The summed E-state index contributed by atoms with van der Waals surface area (Å²) < 4.78 is 62.8. The Balaban J connectivity index is 1.81. The molecular formula is C15H10F4N2O3. The number of hydrogen-bond acceptors (Lipinski definition) is 3. The molecule has 0 saturated carbocycles. The van der Waals surface area contributed by atoms with E-state index in [1.165, 1.54) is 36.4 Å². The molecule has 2 amide bonds. The Labute approximate surface area is 133 Å². The van der Waals surface area contributed by atoms with Gasteiger partial charge in [-0.25, -0.2) is 9.18 Å². The van der Waals surface area contributed by atoms with E-state index >= 15 is 0 Å². The minimum atomic E-state index is -5.06. The molecule has 3 rings (SSSR count). The number of fused-ring (bicyclic) bond motifs is 1. The second kappa shape index (κ2) is 5.59. The van der Waals surface area contributed by atoms with E-state index in [0.29, 0.717) is 0 Å². The van der Waals surface area contributed by atoms with Gasteiger partial charge in [0.15, 0.2) is 11.5 Å². The van der Waals surface area contributed by atoms with Crippen LogP contribution in [0.2, 0.25) is 0 Å². The van der Waals surface area contributed by atoms with E-state index in [1.807, 2.05) is 0 Å². The normalized spacial score (nSPS) is 15.0. The summed E-state index contributed by atoms with van der Waals surface area (Å²) in [4.78, 5) is 11.9. The Morgan fingerprint density at radius 2 is 1.62 bits per heavy atom. The fourth-order valence-corrected chi connectivity index (χ4v) is 2.06. The molecule has 126 valence electrons. The number of anilines is 1. The van der Waals surface area contributed by atoms with Gasteiger partial charge in [0, 0.05) is 5.69 Å². The maximum absolute atomic E-state index is 13.4. The van der Waals surface area contributed by atoms with Gasteiger partial charge in [-0.1, -0.05) is 18.2 Å². The highest BCUT2D eigenvalue weighted by atomic mass is 19.4. The topological polar surface area (TPSA) is 59.6 Å². The van der Waals surface area contributed by atoms with Crippen LogP contribution in [0.25, 0.3) is 0 Å². The second-order valence-corrected chi connectivity index (χ2v) is 4.85. The first-order chi connectivity index (χ1) is 11.3. The van der Waals surface area contributed by atoms with E-state index < -0.39 is 23.9 Å². The van der Waals surface area contributed by atoms with Crippen molar-refractivity contribution in [3.8, 4) is 11.5 Å². The predicted octanol–water partition coefficient (Wildman–Crippen LogP) is 3.63. The molecule has 1 heterocycles. The summed E-state index contributed by atoms with van der Waals surface area (Å²) in [5.41, 5.74) is -0.0275. The Kier molecular flexibility index (Phi) is 3.70. The van der Waals surface area contributed by atoms with Crippen LogP contribution in [0.5, 0.6) is 11.5 Å². The van der Waals surface area contributed by atoms with Gasteiger partial charge in [-0.3, -0.25) is 5.32 Å². The summed E-state index contributed by atoms with van der Waals surface area (Å²) in [5.74, 6) is -4.35. The molecule has 0 unspecified atom stereocenters. The van der Waals surface area contributed by atoms with Crippen molar-refractivity contribution in [2.24, 2.45) is 0 Å².